The average Bonchev–Trinajstić information content (AvgIpc) is 2.40. The molecule has 0 aliphatic heterocycles. The zero-order valence-corrected chi connectivity index (χ0v) is 11.3. The Morgan fingerprint density at radius 2 is 1.63 bits per heavy atom. The minimum absolute atomic E-state index is 0.0260. The van der Waals surface area contributed by atoms with Gasteiger partial charge in [0, 0.05) is 5.56 Å². The highest BCUT2D eigenvalue weighted by Gasteiger charge is 2.12. The molecular weight excluding hydrogens is 250 g/mol. The predicted molar refractivity (Wildman–Crippen MR) is 70.6 cm³/mol. The maximum atomic E-state index is 13.4. The van der Waals surface area contributed by atoms with Crippen molar-refractivity contribution in [1.82, 2.24) is 0 Å². The van der Waals surface area contributed by atoms with Crippen LogP contribution in [0.2, 0.25) is 0 Å². The van der Waals surface area contributed by atoms with Gasteiger partial charge in [-0.05, 0) is 18.6 Å². The summed E-state index contributed by atoms with van der Waals surface area (Å²) in [5.41, 5.74) is -0.0260. The van der Waals surface area contributed by atoms with Gasteiger partial charge in [-0.2, -0.15) is 0 Å². The first-order valence-electron chi connectivity index (χ1n) is 6.76. The average molecular weight is 270 g/mol. The molecule has 0 spiro atoms. The summed E-state index contributed by atoms with van der Waals surface area (Å²) in [4.78, 5) is 10.4. The Labute approximate surface area is 112 Å². The molecule has 0 amide bonds. The molecule has 1 aromatic rings. The van der Waals surface area contributed by atoms with Crippen molar-refractivity contribution in [2.75, 3.05) is 6.61 Å². The third kappa shape index (κ3) is 5.37. The highest BCUT2D eigenvalue weighted by molar-refractivity contribution is 5.75. The molecular formula is C15H20F2O2. The van der Waals surface area contributed by atoms with Crippen LogP contribution in [0, 0.1) is 11.6 Å². The van der Waals surface area contributed by atoms with Crippen LogP contribution in [0.1, 0.15) is 55.8 Å². The molecule has 0 heterocycles. The van der Waals surface area contributed by atoms with E-state index in [4.69, 9.17) is 4.74 Å². The minimum atomic E-state index is -0.826. The van der Waals surface area contributed by atoms with Gasteiger partial charge in [0.2, 0.25) is 0 Å². The normalized spacial score (nSPS) is 10.5. The highest BCUT2D eigenvalue weighted by atomic mass is 19.1. The summed E-state index contributed by atoms with van der Waals surface area (Å²) in [6.07, 6.45) is 6.89. The van der Waals surface area contributed by atoms with E-state index in [-0.39, 0.29) is 11.3 Å². The van der Waals surface area contributed by atoms with Gasteiger partial charge < -0.3 is 4.74 Å². The van der Waals surface area contributed by atoms with Gasteiger partial charge >= 0.3 is 0 Å². The molecule has 0 atom stereocenters. The summed E-state index contributed by atoms with van der Waals surface area (Å²) in [6, 6.07) is 1.96. The molecule has 1 rings (SSSR count). The van der Waals surface area contributed by atoms with Crippen LogP contribution < -0.4 is 4.74 Å². The molecule has 0 saturated carbocycles. The first-order valence-corrected chi connectivity index (χ1v) is 6.76. The molecule has 19 heavy (non-hydrogen) atoms. The molecule has 0 N–H and O–H groups in total. The predicted octanol–water partition coefficient (Wildman–Crippen LogP) is 4.52. The second-order valence-corrected chi connectivity index (χ2v) is 4.55. The maximum Gasteiger partial charge on any atom is 0.190 e. The molecule has 0 fully saturated rings. The van der Waals surface area contributed by atoms with E-state index in [1.807, 2.05) is 0 Å². The number of ether oxygens (including phenoxy) is 1. The number of carbonyl (C=O) groups excluding carboxylic acids is 1. The lowest BCUT2D eigenvalue weighted by molar-refractivity contribution is 0.112. The van der Waals surface area contributed by atoms with Gasteiger partial charge in [0.25, 0.3) is 0 Å². The van der Waals surface area contributed by atoms with Gasteiger partial charge in [0.1, 0.15) is 6.29 Å². The summed E-state index contributed by atoms with van der Waals surface area (Å²) in [5.74, 6) is -2.04. The highest BCUT2D eigenvalue weighted by Crippen LogP contribution is 2.23. The molecule has 2 nitrogen and oxygen atoms in total. The third-order valence-electron chi connectivity index (χ3n) is 2.90. The fourth-order valence-electron chi connectivity index (χ4n) is 1.84. The molecule has 0 aliphatic carbocycles. The van der Waals surface area contributed by atoms with Crippen LogP contribution in [0.4, 0.5) is 8.78 Å². The Morgan fingerprint density at radius 3 is 2.21 bits per heavy atom. The monoisotopic (exact) mass is 270 g/mol. The standard InChI is InChI=1S/C15H20F2O2/c1-2-3-4-5-6-7-8-19-15-13(16)9-12(11-18)10-14(15)17/h9-11H,2-8H2,1H3. The third-order valence-corrected chi connectivity index (χ3v) is 2.90. The summed E-state index contributed by atoms with van der Waals surface area (Å²) in [5, 5.41) is 0. The fourth-order valence-corrected chi connectivity index (χ4v) is 1.84. The smallest absolute Gasteiger partial charge is 0.190 e. The van der Waals surface area contributed by atoms with Crippen molar-refractivity contribution in [2.24, 2.45) is 0 Å². The van der Waals surface area contributed by atoms with Crippen molar-refractivity contribution >= 4 is 6.29 Å². The van der Waals surface area contributed by atoms with Crippen molar-refractivity contribution in [1.29, 1.82) is 0 Å². The lowest BCUT2D eigenvalue weighted by Crippen LogP contribution is -2.02. The Bertz CT molecular complexity index is 382. The second-order valence-electron chi connectivity index (χ2n) is 4.55. The van der Waals surface area contributed by atoms with Crippen LogP contribution >= 0.6 is 0 Å². The SMILES string of the molecule is CCCCCCCCOc1c(F)cc(C=O)cc1F. The molecule has 0 aromatic heterocycles. The van der Waals surface area contributed by atoms with Crippen LogP contribution in [0.15, 0.2) is 12.1 Å². The lowest BCUT2D eigenvalue weighted by Gasteiger charge is -2.08. The quantitative estimate of drug-likeness (QED) is 0.487. The van der Waals surface area contributed by atoms with Crippen molar-refractivity contribution in [2.45, 2.75) is 45.4 Å². The van der Waals surface area contributed by atoms with Gasteiger partial charge in [-0.1, -0.05) is 39.0 Å². The van der Waals surface area contributed by atoms with Crippen LogP contribution in [-0.2, 0) is 0 Å². The summed E-state index contributed by atoms with van der Waals surface area (Å²) in [7, 11) is 0. The largest absolute Gasteiger partial charge is 0.488 e. The zero-order valence-electron chi connectivity index (χ0n) is 11.3. The molecule has 0 bridgehead atoms. The number of unbranched alkanes of at least 4 members (excludes halogenated alkanes) is 5. The van der Waals surface area contributed by atoms with E-state index in [1.54, 1.807) is 0 Å². The molecule has 0 unspecified atom stereocenters. The van der Waals surface area contributed by atoms with E-state index in [0.717, 1.165) is 31.4 Å². The Morgan fingerprint density at radius 1 is 1.05 bits per heavy atom. The topological polar surface area (TPSA) is 26.3 Å². The molecule has 4 heteroatoms. The molecule has 106 valence electrons. The number of hydrogen-bond donors (Lipinski definition) is 0. The first-order chi connectivity index (χ1) is 9.19. The van der Waals surface area contributed by atoms with Gasteiger partial charge in [-0.3, -0.25) is 4.79 Å². The number of aldehydes is 1. The van der Waals surface area contributed by atoms with Crippen molar-refractivity contribution in [3.05, 3.63) is 29.3 Å². The summed E-state index contributed by atoms with van der Waals surface area (Å²) < 4.78 is 32.0. The van der Waals surface area contributed by atoms with E-state index >= 15 is 0 Å². The van der Waals surface area contributed by atoms with Crippen LogP contribution in [-0.4, -0.2) is 12.9 Å². The summed E-state index contributed by atoms with van der Waals surface area (Å²) in [6.45, 7) is 2.44. The number of carbonyl (C=O) groups is 1. The number of rotatable bonds is 9. The zero-order chi connectivity index (χ0) is 14.1. The molecule has 0 radical (unpaired) electrons. The van der Waals surface area contributed by atoms with Crippen LogP contribution in [0.25, 0.3) is 0 Å². The number of halogens is 2. The van der Waals surface area contributed by atoms with Gasteiger partial charge in [-0.25, -0.2) is 8.78 Å². The van der Waals surface area contributed by atoms with Crippen LogP contribution in [0.3, 0.4) is 0 Å². The second kappa shape index (κ2) is 8.62. The van der Waals surface area contributed by atoms with E-state index in [9.17, 15) is 13.6 Å². The van der Waals surface area contributed by atoms with Crippen molar-refractivity contribution in [3.63, 3.8) is 0 Å². The summed E-state index contributed by atoms with van der Waals surface area (Å²) >= 11 is 0. The fraction of sp³-hybridized carbons (Fsp3) is 0.533. The van der Waals surface area contributed by atoms with Crippen LogP contribution in [0.5, 0.6) is 5.75 Å². The molecule has 0 aliphatic rings. The first kappa shape index (κ1) is 15.6. The van der Waals surface area contributed by atoms with Crippen molar-refractivity contribution in [3.8, 4) is 5.75 Å². The Kier molecular flexibility index (Phi) is 7.08. The Balaban J connectivity index is 2.35. The van der Waals surface area contributed by atoms with E-state index < -0.39 is 11.6 Å². The van der Waals surface area contributed by atoms with E-state index in [0.29, 0.717) is 12.9 Å². The van der Waals surface area contributed by atoms with Crippen molar-refractivity contribution < 1.29 is 18.3 Å². The van der Waals surface area contributed by atoms with Gasteiger partial charge in [0.15, 0.2) is 17.4 Å². The molecule has 0 saturated heterocycles. The minimum Gasteiger partial charge on any atom is -0.488 e. The van der Waals surface area contributed by atoms with Gasteiger partial charge in [-0.15, -0.1) is 0 Å². The van der Waals surface area contributed by atoms with Gasteiger partial charge in [0.05, 0.1) is 6.61 Å². The Hall–Kier alpha value is -1.45. The number of hydrogen-bond acceptors (Lipinski definition) is 2. The molecule has 1 aromatic carbocycles. The maximum absolute atomic E-state index is 13.4. The van der Waals surface area contributed by atoms with E-state index in [2.05, 4.69) is 6.92 Å². The lowest BCUT2D eigenvalue weighted by atomic mass is 10.1. The number of benzene rings is 1. The van der Waals surface area contributed by atoms with E-state index in [1.165, 1.54) is 19.3 Å².